The minimum absolute atomic E-state index is 0.0267. The highest BCUT2D eigenvalue weighted by atomic mass is 19.4. The zero-order chi connectivity index (χ0) is 15.6. The molecule has 1 nitrogen and oxygen atoms in total. The van der Waals surface area contributed by atoms with Gasteiger partial charge in [-0.1, -0.05) is 25.8 Å². The molecule has 5 heteroatoms. The fourth-order valence-corrected chi connectivity index (χ4v) is 2.75. The average Bonchev–Trinajstić information content (AvgIpc) is 2.40. The van der Waals surface area contributed by atoms with Crippen LogP contribution in [-0.2, 0) is 6.18 Å². The molecule has 1 aliphatic carbocycles. The van der Waals surface area contributed by atoms with E-state index in [4.69, 9.17) is 4.74 Å². The molecule has 0 atom stereocenters. The van der Waals surface area contributed by atoms with Crippen LogP contribution in [0.5, 0.6) is 5.75 Å². The van der Waals surface area contributed by atoms with E-state index < -0.39 is 23.3 Å². The average molecular weight is 304 g/mol. The van der Waals surface area contributed by atoms with Crippen LogP contribution < -0.4 is 4.74 Å². The van der Waals surface area contributed by atoms with Gasteiger partial charge >= 0.3 is 6.18 Å². The van der Waals surface area contributed by atoms with E-state index in [2.05, 4.69) is 6.92 Å². The smallest absolute Gasteiger partial charge is 0.422 e. The van der Waals surface area contributed by atoms with Crippen LogP contribution in [0.1, 0.15) is 43.7 Å². The summed E-state index contributed by atoms with van der Waals surface area (Å²) in [5.74, 6) is -0.711. The fourth-order valence-electron chi connectivity index (χ4n) is 2.75. The maximum atomic E-state index is 13.8. The minimum atomic E-state index is -4.74. The summed E-state index contributed by atoms with van der Waals surface area (Å²) in [5.41, 5.74) is -1.31. The molecular formula is C16H20F4O. The van der Waals surface area contributed by atoms with Gasteiger partial charge in [-0.3, -0.25) is 0 Å². The van der Waals surface area contributed by atoms with E-state index in [9.17, 15) is 17.6 Å². The lowest BCUT2D eigenvalue weighted by atomic mass is 9.83. The number of benzene rings is 1. The lowest BCUT2D eigenvalue weighted by Crippen LogP contribution is -2.20. The number of aryl methyl sites for hydroxylation is 1. The number of ether oxygens (including phenoxy) is 1. The molecule has 0 radical (unpaired) electrons. The van der Waals surface area contributed by atoms with Gasteiger partial charge in [0, 0.05) is 0 Å². The Balaban J connectivity index is 2.11. The second-order valence-corrected chi connectivity index (χ2v) is 6.00. The number of alkyl halides is 3. The third-order valence-electron chi connectivity index (χ3n) is 4.19. The summed E-state index contributed by atoms with van der Waals surface area (Å²) >= 11 is 0. The normalized spacial score (nSPS) is 23.1. The topological polar surface area (TPSA) is 9.23 Å². The van der Waals surface area contributed by atoms with Crippen molar-refractivity contribution in [1.82, 2.24) is 0 Å². The fraction of sp³-hybridized carbons (Fsp3) is 0.625. The van der Waals surface area contributed by atoms with Gasteiger partial charge in [-0.25, -0.2) is 4.39 Å². The Morgan fingerprint density at radius 2 is 1.76 bits per heavy atom. The molecule has 0 unspecified atom stereocenters. The third kappa shape index (κ3) is 3.89. The molecule has 0 saturated heterocycles. The first-order valence-electron chi connectivity index (χ1n) is 7.28. The predicted octanol–water partition coefficient (Wildman–Crippen LogP) is 5.36. The van der Waals surface area contributed by atoms with E-state index in [1.54, 1.807) is 0 Å². The summed E-state index contributed by atoms with van der Waals surface area (Å²) in [4.78, 5) is 0. The van der Waals surface area contributed by atoms with E-state index in [1.807, 2.05) is 0 Å². The molecule has 1 aromatic carbocycles. The summed E-state index contributed by atoms with van der Waals surface area (Å²) in [6, 6.07) is 2.54. The largest absolute Gasteiger partial charge is 0.493 e. The monoisotopic (exact) mass is 304 g/mol. The molecule has 1 aliphatic rings. The SMILES string of the molecule is Cc1ccc(OCC2CCC(C)CC2)c(C(F)(F)F)c1F. The highest BCUT2D eigenvalue weighted by Gasteiger charge is 2.38. The Labute approximate surface area is 122 Å². The molecule has 0 aliphatic heterocycles. The number of hydrogen-bond acceptors (Lipinski definition) is 1. The minimum Gasteiger partial charge on any atom is -0.493 e. The van der Waals surface area contributed by atoms with E-state index in [1.165, 1.54) is 19.1 Å². The van der Waals surface area contributed by atoms with Crippen LogP contribution in [0.3, 0.4) is 0 Å². The van der Waals surface area contributed by atoms with E-state index >= 15 is 0 Å². The van der Waals surface area contributed by atoms with Crippen molar-refractivity contribution in [2.24, 2.45) is 11.8 Å². The predicted molar refractivity (Wildman–Crippen MR) is 72.8 cm³/mol. The Hall–Kier alpha value is -1.26. The van der Waals surface area contributed by atoms with Gasteiger partial charge in [-0.2, -0.15) is 13.2 Å². The van der Waals surface area contributed by atoms with E-state index in [-0.39, 0.29) is 18.1 Å². The first-order chi connectivity index (χ1) is 9.79. The van der Waals surface area contributed by atoms with Crippen LogP contribution in [0.2, 0.25) is 0 Å². The Bertz CT molecular complexity index is 488. The Morgan fingerprint density at radius 3 is 2.33 bits per heavy atom. The van der Waals surface area contributed by atoms with Crippen LogP contribution in [0.15, 0.2) is 12.1 Å². The van der Waals surface area contributed by atoms with Crippen molar-refractivity contribution in [1.29, 1.82) is 0 Å². The van der Waals surface area contributed by atoms with Gasteiger partial charge in [0.1, 0.15) is 17.1 Å². The molecule has 0 heterocycles. The summed E-state index contributed by atoms with van der Waals surface area (Å²) in [7, 11) is 0. The second-order valence-electron chi connectivity index (χ2n) is 6.00. The van der Waals surface area contributed by atoms with Crippen molar-refractivity contribution >= 4 is 0 Å². The van der Waals surface area contributed by atoms with Crippen molar-refractivity contribution in [3.05, 3.63) is 29.1 Å². The van der Waals surface area contributed by atoms with Crippen LogP contribution in [-0.4, -0.2) is 6.61 Å². The van der Waals surface area contributed by atoms with Gasteiger partial charge in [-0.05, 0) is 43.2 Å². The standard InChI is InChI=1S/C16H20F4O/c1-10-3-6-12(7-4-10)9-21-13-8-5-11(2)15(17)14(13)16(18,19)20/h5,8,10,12H,3-4,6-7,9H2,1-2H3. The Morgan fingerprint density at radius 1 is 1.14 bits per heavy atom. The summed E-state index contributed by atoms with van der Waals surface area (Å²) in [6.45, 7) is 3.71. The van der Waals surface area contributed by atoms with Crippen molar-refractivity contribution in [2.75, 3.05) is 6.61 Å². The van der Waals surface area contributed by atoms with Gasteiger partial charge in [0.2, 0.25) is 0 Å². The Kier molecular flexibility index (Phi) is 4.79. The molecule has 0 N–H and O–H groups in total. The molecule has 0 amide bonds. The summed E-state index contributed by atoms with van der Waals surface area (Å²) in [6.07, 6.45) is -0.689. The molecule has 0 bridgehead atoms. The highest BCUT2D eigenvalue weighted by Crippen LogP contribution is 2.39. The molecule has 1 aromatic rings. The second kappa shape index (κ2) is 6.24. The molecule has 2 rings (SSSR count). The lowest BCUT2D eigenvalue weighted by Gasteiger charge is -2.26. The molecule has 21 heavy (non-hydrogen) atoms. The van der Waals surface area contributed by atoms with Crippen LogP contribution in [0.25, 0.3) is 0 Å². The summed E-state index contributed by atoms with van der Waals surface area (Å²) < 4.78 is 58.0. The molecule has 1 fully saturated rings. The zero-order valence-corrected chi connectivity index (χ0v) is 12.3. The van der Waals surface area contributed by atoms with Gasteiger partial charge in [-0.15, -0.1) is 0 Å². The molecule has 118 valence electrons. The van der Waals surface area contributed by atoms with Gasteiger partial charge in [0.05, 0.1) is 6.61 Å². The maximum Gasteiger partial charge on any atom is 0.422 e. The van der Waals surface area contributed by atoms with Gasteiger partial charge in [0.25, 0.3) is 0 Å². The molecule has 0 spiro atoms. The number of rotatable bonds is 3. The van der Waals surface area contributed by atoms with Crippen molar-refractivity contribution < 1.29 is 22.3 Å². The van der Waals surface area contributed by atoms with Crippen LogP contribution in [0.4, 0.5) is 17.6 Å². The molecule has 1 saturated carbocycles. The van der Waals surface area contributed by atoms with Crippen molar-refractivity contribution in [3.63, 3.8) is 0 Å². The van der Waals surface area contributed by atoms with E-state index in [0.29, 0.717) is 5.92 Å². The first-order valence-corrected chi connectivity index (χ1v) is 7.28. The maximum absolute atomic E-state index is 13.8. The molecule has 0 aromatic heterocycles. The summed E-state index contributed by atoms with van der Waals surface area (Å²) in [5, 5.41) is 0. The van der Waals surface area contributed by atoms with Gasteiger partial charge in [0.15, 0.2) is 0 Å². The third-order valence-corrected chi connectivity index (χ3v) is 4.19. The quantitative estimate of drug-likeness (QED) is 0.683. The van der Waals surface area contributed by atoms with Crippen molar-refractivity contribution in [2.45, 2.75) is 45.7 Å². The van der Waals surface area contributed by atoms with E-state index in [0.717, 1.165) is 25.7 Å². The lowest BCUT2D eigenvalue weighted by molar-refractivity contribution is -0.141. The first kappa shape index (κ1) is 16.1. The number of hydrogen-bond donors (Lipinski definition) is 0. The molecular weight excluding hydrogens is 284 g/mol. The van der Waals surface area contributed by atoms with Gasteiger partial charge < -0.3 is 4.74 Å². The zero-order valence-electron chi connectivity index (χ0n) is 12.3. The van der Waals surface area contributed by atoms with Crippen LogP contribution >= 0.6 is 0 Å². The number of halogens is 4. The highest BCUT2D eigenvalue weighted by molar-refractivity contribution is 5.40. The van der Waals surface area contributed by atoms with Crippen LogP contribution in [0, 0.1) is 24.6 Å². The van der Waals surface area contributed by atoms with Crippen molar-refractivity contribution in [3.8, 4) is 5.75 Å².